The van der Waals surface area contributed by atoms with Gasteiger partial charge >= 0.3 is 5.97 Å². The average Bonchev–Trinajstić information content (AvgIpc) is 2.80. The summed E-state index contributed by atoms with van der Waals surface area (Å²) in [6.07, 6.45) is 2.44. The lowest BCUT2D eigenvalue weighted by Crippen LogP contribution is -2.41. The lowest BCUT2D eigenvalue weighted by atomic mass is 10.1. The molecule has 0 bridgehead atoms. The lowest BCUT2D eigenvalue weighted by Gasteiger charge is -2.18. The van der Waals surface area contributed by atoms with Crippen molar-refractivity contribution >= 4 is 17.7 Å². The molecule has 0 aliphatic rings. The zero-order chi connectivity index (χ0) is 15.1. The Balaban J connectivity index is 2.42. The molecule has 0 radical (unpaired) electrons. The normalized spacial score (nSPS) is 12.2. The van der Waals surface area contributed by atoms with E-state index in [2.05, 4.69) is 10.4 Å². The maximum Gasteiger partial charge on any atom is 0.328 e. The topological polar surface area (TPSA) is 99.2 Å². The summed E-state index contributed by atoms with van der Waals surface area (Å²) >= 11 is 0. The second-order valence-electron chi connectivity index (χ2n) is 4.59. The molecule has 1 heterocycles. The fraction of sp³-hybridized carbons (Fsp3) is 0.615. The predicted molar refractivity (Wildman–Crippen MR) is 74.7 cm³/mol. The molecule has 0 aromatic carbocycles. The Kier molecular flexibility index (Phi) is 6.02. The van der Waals surface area contributed by atoms with Gasteiger partial charge in [-0.2, -0.15) is 5.10 Å². The summed E-state index contributed by atoms with van der Waals surface area (Å²) in [6.45, 7) is 5.47. The number of carbonyl (C=O) groups is 2. The summed E-state index contributed by atoms with van der Waals surface area (Å²) in [5.41, 5.74) is 5.44. The van der Waals surface area contributed by atoms with Crippen molar-refractivity contribution in [2.24, 2.45) is 0 Å². The number of aromatic nitrogens is 2. The number of nitrogens with two attached hydrogens (primary N) is 1. The summed E-state index contributed by atoms with van der Waals surface area (Å²) < 4.78 is 6.43. The number of anilines is 1. The number of carbonyl (C=O) groups excluding carboxylic acids is 2. The van der Waals surface area contributed by atoms with Crippen molar-refractivity contribution in [3.63, 3.8) is 0 Å². The van der Waals surface area contributed by atoms with E-state index in [1.165, 1.54) is 4.68 Å². The standard InChI is InChI=1S/C13H22N4O3/c1-4-10(5-2)15-13(19)9(3)20-12(18)8-17-7-6-11(14)16-17/h6-7,9-10H,4-5,8H2,1-3H3,(H2,14,16)(H,15,19). The summed E-state index contributed by atoms with van der Waals surface area (Å²) in [5, 5.41) is 6.70. The fourth-order valence-electron chi connectivity index (χ4n) is 1.70. The minimum atomic E-state index is -0.823. The SMILES string of the molecule is CCC(CC)NC(=O)C(C)OC(=O)Cn1ccc(N)n1. The molecule has 0 spiro atoms. The predicted octanol–water partition coefficient (Wildman–Crippen LogP) is 0.702. The molecule has 1 atom stereocenters. The van der Waals surface area contributed by atoms with Crippen molar-refractivity contribution in [1.82, 2.24) is 15.1 Å². The molecule has 1 amide bonds. The number of ether oxygens (including phenoxy) is 1. The van der Waals surface area contributed by atoms with Crippen molar-refractivity contribution in [3.8, 4) is 0 Å². The fourth-order valence-corrected chi connectivity index (χ4v) is 1.70. The second-order valence-corrected chi connectivity index (χ2v) is 4.59. The molecule has 0 aliphatic heterocycles. The van der Waals surface area contributed by atoms with Gasteiger partial charge in [0, 0.05) is 12.2 Å². The maximum atomic E-state index is 11.8. The second kappa shape index (κ2) is 7.52. The van der Waals surface area contributed by atoms with Crippen LogP contribution in [0.3, 0.4) is 0 Å². The van der Waals surface area contributed by atoms with Crippen LogP contribution in [0, 0.1) is 0 Å². The lowest BCUT2D eigenvalue weighted by molar-refractivity contribution is -0.155. The zero-order valence-corrected chi connectivity index (χ0v) is 12.1. The van der Waals surface area contributed by atoms with E-state index >= 15 is 0 Å². The van der Waals surface area contributed by atoms with Gasteiger partial charge in [-0.15, -0.1) is 0 Å². The van der Waals surface area contributed by atoms with E-state index in [1.807, 2.05) is 13.8 Å². The van der Waals surface area contributed by atoms with E-state index in [1.54, 1.807) is 19.2 Å². The van der Waals surface area contributed by atoms with Crippen LogP contribution in [0.2, 0.25) is 0 Å². The minimum Gasteiger partial charge on any atom is -0.451 e. The Labute approximate surface area is 118 Å². The Morgan fingerprint density at radius 1 is 1.45 bits per heavy atom. The molecule has 1 unspecified atom stereocenters. The molecule has 20 heavy (non-hydrogen) atoms. The Morgan fingerprint density at radius 3 is 2.60 bits per heavy atom. The van der Waals surface area contributed by atoms with Gasteiger partial charge < -0.3 is 15.8 Å². The number of hydrogen-bond acceptors (Lipinski definition) is 5. The van der Waals surface area contributed by atoms with Gasteiger partial charge in [0.2, 0.25) is 0 Å². The van der Waals surface area contributed by atoms with Crippen molar-refractivity contribution < 1.29 is 14.3 Å². The number of nitrogen functional groups attached to an aromatic ring is 1. The van der Waals surface area contributed by atoms with Gasteiger partial charge in [0.05, 0.1) is 0 Å². The highest BCUT2D eigenvalue weighted by Crippen LogP contribution is 2.01. The van der Waals surface area contributed by atoms with Crippen LogP contribution in [0.15, 0.2) is 12.3 Å². The Hall–Kier alpha value is -2.05. The van der Waals surface area contributed by atoms with Crippen molar-refractivity contribution in [2.75, 3.05) is 5.73 Å². The number of nitrogens with zero attached hydrogens (tertiary/aromatic N) is 2. The van der Waals surface area contributed by atoms with Gasteiger partial charge in [-0.05, 0) is 25.8 Å². The highest BCUT2D eigenvalue weighted by atomic mass is 16.5. The van der Waals surface area contributed by atoms with Crippen molar-refractivity contribution in [1.29, 1.82) is 0 Å². The molecule has 1 aromatic heterocycles. The number of rotatable bonds is 7. The zero-order valence-electron chi connectivity index (χ0n) is 12.1. The van der Waals surface area contributed by atoms with Crippen molar-refractivity contribution in [3.05, 3.63) is 12.3 Å². The molecule has 1 rings (SSSR count). The first kappa shape index (κ1) is 16.0. The molecule has 0 saturated heterocycles. The van der Waals surface area contributed by atoms with Gasteiger partial charge in [0.1, 0.15) is 12.4 Å². The number of hydrogen-bond donors (Lipinski definition) is 2. The van der Waals surface area contributed by atoms with Crippen LogP contribution >= 0.6 is 0 Å². The molecule has 7 heteroatoms. The Bertz CT molecular complexity index is 454. The number of nitrogens with one attached hydrogen (secondary N) is 1. The molecule has 0 saturated carbocycles. The summed E-state index contributed by atoms with van der Waals surface area (Å²) in [7, 11) is 0. The van der Waals surface area contributed by atoms with Gasteiger partial charge in [0.25, 0.3) is 5.91 Å². The summed E-state index contributed by atoms with van der Waals surface area (Å²) in [4.78, 5) is 23.5. The number of esters is 1. The molecule has 0 fully saturated rings. The van der Waals surface area contributed by atoms with E-state index in [-0.39, 0.29) is 18.5 Å². The van der Waals surface area contributed by atoms with Crippen LogP contribution in [0.25, 0.3) is 0 Å². The first-order valence-electron chi connectivity index (χ1n) is 6.75. The molecule has 112 valence electrons. The third-order valence-electron chi connectivity index (χ3n) is 2.96. The van der Waals surface area contributed by atoms with Gasteiger partial charge in [-0.25, -0.2) is 0 Å². The molecular weight excluding hydrogens is 260 g/mol. The van der Waals surface area contributed by atoms with Crippen LogP contribution in [-0.4, -0.2) is 33.8 Å². The first-order valence-corrected chi connectivity index (χ1v) is 6.75. The molecule has 0 aliphatic carbocycles. The third-order valence-corrected chi connectivity index (χ3v) is 2.96. The van der Waals surface area contributed by atoms with E-state index in [4.69, 9.17) is 10.5 Å². The van der Waals surface area contributed by atoms with Crippen LogP contribution in [0.5, 0.6) is 0 Å². The Morgan fingerprint density at radius 2 is 2.10 bits per heavy atom. The van der Waals surface area contributed by atoms with E-state index in [0.717, 1.165) is 12.8 Å². The number of amides is 1. The van der Waals surface area contributed by atoms with Crippen LogP contribution in [-0.2, 0) is 20.9 Å². The van der Waals surface area contributed by atoms with Gasteiger partial charge in [0.15, 0.2) is 6.10 Å². The quantitative estimate of drug-likeness (QED) is 0.717. The largest absolute Gasteiger partial charge is 0.451 e. The van der Waals surface area contributed by atoms with E-state index < -0.39 is 12.1 Å². The summed E-state index contributed by atoms with van der Waals surface area (Å²) in [6, 6.07) is 1.69. The highest BCUT2D eigenvalue weighted by molar-refractivity contribution is 5.83. The monoisotopic (exact) mass is 282 g/mol. The van der Waals surface area contributed by atoms with Gasteiger partial charge in [-0.3, -0.25) is 14.3 Å². The van der Waals surface area contributed by atoms with Crippen LogP contribution < -0.4 is 11.1 Å². The molecule has 3 N–H and O–H groups in total. The maximum absolute atomic E-state index is 11.8. The van der Waals surface area contributed by atoms with Gasteiger partial charge in [-0.1, -0.05) is 13.8 Å². The van der Waals surface area contributed by atoms with E-state index in [0.29, 0.717) is 5.82 Å². The smallest absolute Gasteiger partial charge is 0.328 e. The average molecular weight is 282 g/mol. The van der Waals surface area contributed by atoms with Crippen LogP contribution in [0.4, 0.5) is 5.82 Å². The molecule has 7 nitrogen and oxygen atoms in total. The van der Waals surface area contributed by atoms with Crippen LogP contribution in [0.1, 0.15) is 33.6 Å². The third kappa shape index (κ3) is 4.91. The van der Waals surface area contributed by atoms with E-state index in [9.17, 15) is 9.59 Å². The summed E-state index contributed by atoms with van der Waals surface area (Å²) in [5.74, 6) is -0.482. The first-order chi connectivity index (χ1) is 9.46. The highest BCUT2D eigenvalue weighted by Gasteiger charge is 2.20. The molecular formula is C13H22N4O3. The molecule has 1 aromatic rings. The van der Waals surface area contributed by atoms with Crippen molar-refractivity contribution in [2.45, 2.75) is 52.3 Å². The minimum absolute atomic E-state index is 0.0696.